The Kier molecular flexibility index (Phi) is 5.86. The molecule has 0 aliphatic rings. The van der Waals surface area contributed by atoms with E-state index in [2.05, 4.69) is 12.8 Å². The largest absolute Gasteiger partial charge is 0.303 e. The second-order valence-corrected chi connectivity index (χ2v) is 2.61. The maximum atomic E-state index is 9.90. The van der Waals surface area contributed by atoms with Crippen LogP contribution in [0.4, 0.5) is 0 Å². The first kappa shape index (κ1) is 9.23. The second-order valence-electron chi connectivity index (χ2n) is 2.61. The van der Waals surface area contributed by atoms with Crippen molar-refractivity contribution in [1.29, 1.82) is 0 Å². The Hall–Kier alpha value is -0.770. The molecule has 0 aromatic rings. The molecule has 0 saturated heterocycles. The summed E-state index contributed by atoms with van der Waals surface area (Å²) in [6.07, 6.45) is 9.63. The number of hydrogen-bond acceptors (Lipinski definition) is 1. The van der Waals surface area contributed by atoms with E-state index in [9.17, 15) is 4.79 Å². The number of rotatable bonds is 5. The lowest BCUT2D eigenvalue weighted by Gasteiger charge is -2.03. The molecule has 10 heavy (non-hydrogen) atoms. The van der Waals surface area contributed by atoms with Gasteiger partial charge in [0.15, 0.2) is 0 Å². The molecule has 56 valence electrons. The van der Waals surface area contributed by atoms with Crippen molar-refractivity contribution in [3.8, 4) is 12.3 Å². The van der Waals surface area contributed by atoms with Gasteiger partial charge in [-0.15, -0.1) is 12.3 Å². The van der Waals surface area contributed by atoms with Crippen LogP contribution in [0.2, 0.25) is 0 Å². The van der Waals surface area contributed by atoms with Gasteiger partial charge in [0.1, 0.15) is 6.29 Å². The summed E-state index contributed by atoms with van der Waals surface area (Å²) < 4.78 is 0. The number of carbonyl (C=O) groups is 1. The van der Waals surface area contributed by atoms with Gasteiger partial charge in [-0.2, -0.15) is 0 Å². The van der Waals surface area contributed by atoms with Crippen molar-refractivity contribution >= 4 is 6.29 Å². The predicted octanol–water partition coefficient (Wildman–Crippen LogP) is 2.01. The standard InChI is InChI=1S/C9H14O/c1-3-6-9(2)7-4-5-8-10/h1,8-9H,4-7H2,2H3. The van der Waals surface area contributed by atoms with Crippen LogP contribution in [0.3, 0.4) is 0 Å². The first-order valence-corrected chi connectivity index (χ1v) is 3.68. The molecule has 1 nitrogen and oxygen atoms in total. The van der Waals surface area contributed by atoms with Crippen molar-refractivity contribution in [2.24, 2.45) is 5.92 Å². The highest BCUT2D eigenvalue weighted by atomic mass is 16.1. The average molecular weight is 138 g/mol. The topological polar surface area (TPSA) is 17.1 Å². The normalized spacial score (nSPS) is 12.0. The molecule has 0 spiro atoms. The monoisotopic (exact) mass is 138 g/mol. The third-order valence-corrected chi connectivity index (χ3v) is 1.49. The van der Waals surface area contributed by atoms with E-state index in [4.69, 9.17) is 6.42 Å². The molecule has 1 heteroatoms. The van der Waals surface area contributed by atoms with E-state index in [1.807, 2.05) is 0 Å². The zero-order chi connectivity index (χ0) is 7.82. The van der Waals surface area contributed by atoms with Crippen LogP contribution in [0.15, 0.2) is 0 Å². The van der Waals surface area contributed by atoms with Gasteiger partial charge in [-0.3, -0.25) is 0 Å². The highest BCUT2D eigenvalue weighted by Gasteiger charge is 1.97. The molecule has 0 fully saturated rings. The summed E-state index contributed by atoms with van der Waals surface area (Å²) in [4.78, 5) is 9.90. The van der Waals surface area contributed by atoms with Crippen LogP contribution in [-0.2, 0) is 4.79 Å². The van der Waals surface area contributed by atoms with E-state index in [0.29, 0.717) is 12.3 Å². The molecule has 0 aliphatic heterocycles. The van der Waals surface area contributed by atoms with Gasteiger partial charge in [-0.05, 0) is 18.8 Å². The van der Waals surface area contributed by atoms with Gasteiger partial charge < -0.3 is 4.79 Å². The van der Waals surface area contributed by atoms with Gasteiger partial charge in [0.25, 0.3) is 0 Å². The zero-order valence-corrected chi connectivity index (χ0v) is 6.47. The van der Waals surface area contributed by atoms with Crippen LogP contribution in [0.1, 0.15) is 32.6 Å². The van der Waals surface area contributed by atoms with E-state index in [-0.39, 0.29) is 0 Å². The summed E-state index contributed by atoms with van der Waals surface area (Å²) in [6.45, 7) is 2.12. The van der Waals surface area contributed by atoms with Gasteiger partial charge in [-0.25, -0.2) is 0 Å². The van der Waals surface area contributed by atoms with Gasteiger partial charge in [0.05, 0.1) is 0 Å². The second kappa shape index (κ2) is 6.35. The Morgan fingerprint density at radius 2 is 2.40 bits per heavy atom. The Morgan fingerprint density at radius 1 is 1.70 bits per heavy atom. The van der Waals surface area contributed by atoms with Crippen LogP contribution in [0, 0.1) is 18.3 Å². The molecular formula is C9H14O. The highest BCUT2D eigenvalue weighted by Crippen LogP contribution is 2.09. The molecule has 0 bridgehead atoms. The fourth-order valence-corrected chi connectivity index (χ4v) is 0.853. The summed E-state index contributed by atoms with van der Waals surface area (Å²) in [6, 6.07) is 0. The molecule has 0 amide bonds. The zero-order valence-electron chi connectivity index (χ0n) is 6.47. The number of unbranched alkanes of at least 4 members (excludes halogenated alkanes) is 1. The van der Waals surface area contributed by atoms with Crippen LogP contribution in [0.25, 0.3) is 0 Å². The highest BCUT2D eigenvalue weighted by molar-refractivity contribution is 5.48. The summed E-state index contributed by atoms with van der Waals surface area (Å²) in [5, 5.41) is 0. The smallest absolute Gasteiger partial charge is 0.119 e. The summed E-state index contributed by atoms with van der Waals surface area (Å²) in [7, 11) is 0. The van der Waals surface area contributed by atoms with Crippen molar-refractivity contribution in [2.45, 2.75) is 32.6 Å². The minimum atomic E-state index is 0.574. The fraction of sp³-hybridized carbons (Fsp3) is 0.667. The van der Waals surface area contributed by atoms with Crippen molar-refractivity contribution < 1.29 is 4.79 Å². The molecule has 0 aromatic carbocycles. The van der Waals surface area contributed by atoms with Crippen LogP contribution in [0.5, 0.6) is 0 Å². The fourth-order valence-electron chi connectivity index (χ4n) is 0.853. The lowest BCUT2D eigenvalue weighted by atomic mass is 10.0. The average Bonchev–Trinajstić information content (AvgIpc) is 1.89. The lowest BCUT2D eigenvalue weighted by molar-refractivity contribution is -0.107. The number of terminal acetylenes is 1. The Bertz CT molecular complexity index is 121. The lowest BCUT2D eigenvalue weighted by Crippen LogP contribution is -1.92. The number of carbonyl (C=O) groups excluding carboxylic acids is 1. The van der Waals surface area contributed by atoms with Crippen molar-refractivity contribution in [3.63, 3.8) is 0 Å². The molecule has 0 heterocycles. The van der Waals surface area contributed by atoms with Gasteiger partial charge in [-0.1, -0.05) is 6.92 Å². The molecule has 0 saturated carbocycles. The molecule has 0 N–H and O–H groups in total. The van der Waals surface area contributed by atoms with Gasteiger partial charge in [0, 0.05) is 12.8 Å². The Balaban J connectivity index is 3.14. The molecule has 0 radical (unpaired) electrons. The van der Waals surface area contributed by atoms with Crippen molar-refractivity contribution in [3.05, 3.63) is 0 Å². The number of hydrogen-bond donors (Lipinski definition) is 0. The van der Waals surface area contributed by atoms with E-state index in [1.165, 1.54) is 0 Å². The minimum Gasteiger partial charge on any atom is -0.303 e. The van der Waals surface area contributed by atoms with Crippen molar-refractivity contribution in [1.82, 2.24) is 0 Å². The minimum absolute atomic E-state index is 0.574. The van der Waals surface area contributed by atoms with Crippen LogP contribution < -0.4 is 0 Å². The molecule has 0 aliphatic carbocycles. The van der Waals surface area contributed by atoms with E-state index in [1.54, 1.807) is 0 Å². The molecule has 0 rings (SSSR count). The third kappa shape index (κ3) is 5.37. The maximum Gasteiger partial charge on any atom is 0.119 e. The summed E-state index contributed by atoms with van der Waals surface area (Å²) in [5.41, 5.74) is 0. The van der Waals surface area contributed by atoms with Crippen LogP contribution in [-0.4, -0.2) is 6.29 Å². The van der Waals surface area contributed by atoms with E-state index < -0.39 is 0 Å². The summed E-state index contributed by atoms with van der Waals surface area (Å²) >= 11 is 0. The quantitative estimate of drug-likeness (QED) is 0.322. The molecular weight excluding hydrogens is 124 g/mol. The van der Waals surface area contributed by atoms with E-state index >= 15 is 0 Å². The van der Waals surface area contributed by atoms with Crippen LogP contribution >= 0.6 is 0 Å². The van der Waals surface area contributed by atoms with Gasteiger partial charge in [0.2, 0.25) is 0 Å². The molecule has 1 unspecified atom stereocenters. The first-order valence-electron chi connectivity index (χ1n) is 3.68. The van der Waals surface area contributed by atoms with E-state index in [0.717, 1.165) is 25.5 Å². The molecule has 0 aromatic heterocycles. The first-order chi connectivity index (χ1) is 4.81. The van der Waals surface area contributed by atoms with Gasteiger partial charge >= 0.3 is 0 Å². The predicted molar refractivity (Wildman–Crippen MR) is 42.5 cm³/mol. The molecule has 1 atom stereocenters. The summed E-state index contributed by atoms with van der Waals surface area (Å²) in [5.74, 6) is 3.18. The third-order valence-electron chi connectivity index (χ3n) is 1.49. The SMILES string of the molecule is C#CCC(C)CCCC=O. The Labute approximate surface area is 62.8 Å². The maximum absolute atomic E-state index is 9.90. The van der Waals surface area contributed by atoms with Crippen molar-refractivity contribution in [2.75, 3.05) is 0 Å². The Morgan fingerprint density at radius 3 is 2.90 bits per heavy atom. The number of aldehydes is 1.